The molecule has 0 aromatic heterocycles. The molecule has 5 nitrogen and oxygen atoms in total. The first kappa shape index (κ1) is 31.1. The van der Waals surface area contributed by atoms with Crippen molar-refractivity contribution in [3.8, 4) is 5.75 Å². The first-order chi connectivity index (χ1) is 16.6. The summed E-state index contributed by atoms with van der Waals surface area (Å²) in [5.74, 6) is -0.961. The normalized spacial score (nSPS) is 14.5. The minimum Gasteiger partial charge on any atom is -0.488 e. The van der Waals surface area contributed by atoms with E-state index in [9.17, 15) is 34.8 Å². The van der Waals surface area contributed by atoms with Crippen LogP contribution in [0.3, 0.4) is 0 Å². The zero-order chi connectivity index (χ0) is 28.4. The zero-order valence-corrected chi connectivity index (χ0v) is 23.1. The van der Waals surface area contributed by atoms with Crippen molar-refractivity contribution in [2.45, 2.75) is 64.0 Å². The van der Waals surface area contributed by atoms with Gasteiger partial charge in [-0.3, -0.25) is 4.18 Å². The van der Waals surface area contributed by atoms with Gasteiger partial charge in [-0.15, -0.1) is 0 Å². The summed E-state index contributed by atoms with van der Waals surface area (Å²) in [7, 11) is -6.96. The van der Waals surface area contributed by atoms with Crippen molar-refractivity contribution >= 4 is 18.4 Å². The fraction of sp³-hybridized carbons (Fsp3) is 0.500. The Morgan fingerprint density at radius 2 is 1.49 bits per heavy atom. The Bertz CT molecular complexity index is 1170. The van der Waals surface area contributed by atoms with E-state index in [4.69, 9.17) is 13.3 Å². The number of hydrogen-bond acceptors (Lipinski definition) is 5. The number of ether oxygens (including phenoxy) is 1. The van der Waals surface area contributed by atoms with Crippen LogP contribution in [0.25, 0.3) is 0 Å². The third-order valence-corrected chi connectivity index (χ3v) is 11.1. The standard InChI is InChI=1S/C24H30F6O5SSi/c1-22(2,3)37(5,6)34-15-20(35-36(4,31)32)18-12-17(23(25,26)27)13-19(24(28,29)30)21(18)33-14-16-10-8-7-9-11-16/h7-13,20H,14-15H2,1-6H3. The van der Waals surface area contributed by atoms with Crippen molar-refractivity contribution in [2.75, 3.05) is 12.9 Å². The van der Waals surface area contributed by atoms with Crippen LogP contribution in [0.1, 0.15) is 49.1 Å². The van der Waals surface area contributed by atoms with Gasteiger partial charge >= 0.3 is 12.4 Å². The second-order valence-corrected chi connectivity index (χ2v) is 16.5. The van der Waals surface area contributed by atoms with Crippen molar-refractivity contribution in [3.63, 3.8) is 0 Å². The van der Waals surface area contributed by atoms with Crippen LogP contribution in [-0.2, 0) is 37.7 Å². The molecule has 2 aromatic rings. The lowest BCUT2D eigenvalue weighted by Gasteiger charge is -2.37. The maximum atomic E-state index is 14.0. The lowest BCUT2D eigenvalue weighted by atomic mass is 9.99. The minimum absolute atomic E-state index is 0.0595. The van der Waals surface area contributed by atoms with Gasteiger partial charge < -0.3 is 9.16 Å². The summed E-state index contributed by atoms with van der Waals surface area (Å²) in [5, 5.41) is -0.389. The lowest BCUT2D eigenvalue weighted by Crippen LogP contribution is -2.42. The third-order valence-electron chi connectivity index (χ3n) is 6.02. The van der Waals surface area contributed by atoms with Crippen LogP contribution in [0.2, 0.25) is 18.1 Å². The summed E-state index contributed by atoms with van der Waals surface area (Å²) in [6, 6.07) is 8.36. The largest absolute Gasteiger partial charge is 0.488 e. The maximum absolute atomic E-state index is 14.0. The Kier molecular flexibility index (Phi) is 9.21. The lowest BCUT2D eigenvalue weighted by molar-refractivity contribution is -0.144. The van der Waals surface area contributed by atoms with Crippen molar-refractivity contribution in [1.82, 2.24) is 0 Å². The molecule has 2 aromatic carbocycles. The Balaban J connectivity index is 2.75. The van der Waals surface area contributed by atoms with Crippen molar-refractivity contribution in [1.29, 1.82) is 0 Å². The summed E-state index contributed by atoms with van der Waals surface area (Å²) < 4.78 is 124. The number of rotatable bonds is 9. The molecule has 0 aliphatic rings. The van der Waals surface area contributed by atoms with Gasteiger partial charge in [0.1, 0.15) is 18.5 Å². The van der Waals surface area contributed by atoms with Crippen molar-refractivity contribution in [3.05, 3.63) is 64.7 Å². The predicted molar refractivity (Wildman–Crippen MR) is 129 cm³/mol. The van der Waals surface area contributed by atoms with E-state index in [-0.39, 0.29) is 11.1 Å². The molecule has 0 aliphatic heterocycles. The van der Waals surface area contributed by atoms with Crippen LogP contribution in [0.4, 0.5) is 26.3 Å². The predicted octanol–water partition coefficient (Wildman–Crippen LogP) is 7.34. The SMILES string of the molecule is CC(C)(C)[Si](C)(C)OCC(OS(C)(=O)=O)c1cc(C(F)(F)F)cc(C(F)(F)F)c1OCc1ccccc1. The summed E-state index contributed by atoms with van der Waals surface area (Å²) in [6.45, 7) is 8.17. The number of alkyl halides is 6. The second-order valence-electron chi connectivity index (χ2n) is 10.1. The van der Waals surface area contributed by atoms with Gasteiger partial charge in [0.05, 0.1) is 24.0 Å². The molecule has 0 fully saturated rings. The van der Waals surface area contributed by atoms with Gasteiger partial charge in [0.2, 0.25) is 0 Å². The molecule has 0 aliphatic carbocycles. The van der Waals surface area contributed by atoms with E-state index in [1.54, 1.807) is 43.4 Å². The molecule has 0 heterocycles. The van der Waals surface area contributed by atoms with Gasteiger partial charge in [0, 0.05) is 5.56 Å². The molecule has 0 amide bonds. The molecular formula is C24H30F6O5SSi. The Labute approximate surface area is 214 Å². The molecule has 1 unspecified atom stereocenters. The van der Waals surface area contributed by atoms with Gasteiger partial charge in [-0.05, 0) is 35.8 Å². The van der Waals surface area contributed by atoms with Gasteiger partial charge in [-0.2, -0.15) is 34.8 Å². The average Bonchev–Trinajstić information content (AvgIpc) is 2.72. The first-order valence-corrected chi connectivity index (χ1v) is 15.9. The van der Waals surface area contributed by atoms with E-state index in [1.165, 1.54) is 0 Å². The van der Waals surface area contributed by atoms with Crippen LogP contribution in [0, 0.1) is 0 Å². The quantitative estimate of drug-likeness (QED) is 0.179. The zero-order valence-electron chi connectivity index (χ0n) is 21.3. The highest BCUT2D eigenvalue weighted by atomic mass is 32.2. The highest BCUT2D eigenvalue weighted by Gasteiger charge is 2.43. The van der Waals surface area contributed by atoms with Gasteiger partial charge in [0.15, 0.2) is 8.32 Å². The molecule has 0 bridgehead atoms. The van der Waals surface area contributed by atoms with E-state index in [0.29, 0.717) is 17.9 Å². The van der Waals surface area contributed by atoms with Gasteiger partial charge in [0.25, 0.3) is 10.1 Å². The maximum Gasteiger partial charge on any atom is 0.419 e. The van der Waals surface area contributed by atoms with Gasteiger partial charge in [-0.1, -0.05) is 51.1 Å². The molecule has 2 rings (SSSR count). The van der Waals surface area contributed by atoms with Crippen molar-refractivity contribution < 1.29 is 48.1 Å². The van der Waals surface area contributed by atoms with E-state index >= 15 is 0 Å². The fourth-order valence-electron chi connectivity index (χ4n) is 3.04. The second kappa shape index (κ2) is 10.9. The minimum atomic E-state index is -5.25. The number of hydrogen-bond donors (Lipinski definition) is 0. The molecule has 13 heteroatoms. The fourth-order valence-corrected chi connectivity index (χ4v) is 4.62. The molecule has 0 radical (unpaired) electrons. The van der Waals surface area contributed by atoms with E-state index in [1.807, 2.05) is 20.8 Å². The van der Waals surface area contributed by atoms with Crippen molar-refractivity contribution in [2.24, 2.45) is 0 Å². The molecule has 208 valence electrons. The highest BCUT2D eigenvalue weighted by Crippen LogP contribution is 2.46. The summed E-state index contributed by atoms with van der Waals surface area (Å²) in [5.41, 5.74) is -3.62. The smallest absolute Gasteiger partial charge is 0.419 e. The van der Waals surface area contributed by atoms with Crippen LogP contribution in [-0.4, -0.2) is 29.6 Å². The van der Waals surface area contributed by atoms with Crippen LogP contribution in [0.5, 0.6) is 5.75 Å². The molecule has 1 atom stereocenters. The molecule has 0 spiro atoms. The molecule has 0 saturated carbocycles. The van der Waals surface area contributed by atoms with E-state index < -0.39 is 72.5 Å². The average molecular weight is 573 g/mol. The topological polar surface area (TPSA) is 61.8 Å². The Morgan fingerprint density at radius 3 is 1.95 bits per heavy atom. The molecular weight excluding hydrogens is 542 g/mol. The highest BCUT2D eigenvalue weighted by molar-refractivity contribution is 7.86. The molecule has 0 saturated heterocycles. The van der Waals surface area contributed by atoms with Crippen LogP contribution < -0.4 is 4.74 Å². The van der Waals surface area contributed by atoms with Gasteiger partial charge in [-0.25, -0.2) is 0 Å². The Hall–Kier alpha value is -2.09. The first-order valence-electron chi connectivity index (χ1n) is 11.1. The Morgan fingerprint density at radius 1 is 0.919 bits per heavy atom. The van der Waals surface area contributed by atoms with Crippen LogP contribution >= 0.6 is 0 Å². The number of benzene rings is 2. The van der Waals surface area contributed by atoms with Crippen LogP contribution in [0.15, 0.2) is 42.5 Å². The third kappa shape index (κ3) is 8.72. The van der Waals surface area contributed by atoms with E-state index in [0.717, 1.165) is 0 Å². The number of halogens is 6. The molecule has 37 heavy (non-hydrogen) atoms. The monoisotopic (exact) mass is 572 g/mol. The molecule has 0 N–H and O–H groups in total. The summed E-state index contributed by atoms with van der Waals surface area (Å²) in [4.78, 5) is 0. The van der Waals surface area contributed by atoms with E-state index in [2.05, 4.69) is 0 Å². The summed E-state index contributed by atoms with van der Waals surface area (Å²) in [6.07, 6.45) is -11.6. The summed E-state index contributed by atoms with van der Waals surface area (Å²) >= 11 is 0.